The molecule has 1 aliphatic rings. The first-order chi connectivity index (χ1) is 8.76. The minimum atomic E-state index is 0.251. The van der Waals surface area contributed by atoms with Crippen molar-refractivity contribution in [3.05, 3.63) is 23.8 Å². The largest absolute Gasteiger partial charge is 0.493 e. The zero-order chi connectivity index (χ0) is 12.5. The van der Waals surface area contributed by atoms with E-state index in [-0.39, 0.29) is 5.95 Å². The van der Waals surface area contributed by atoms with Crippen LogP contribution in [0.1, 0.15) is 5.56 Å². The third kappa shape index (κ3) is 1.99. The van der Waals surface area contributed by atoms with Crippen molar-refractivity contribution in [2.24, 2.45) is 0 Å². The van der Waals surface area contributed by atoms with Gasteiger partial charge in [0.15, 0.2) is 11.0 Å². The van der Waals surface area contributed by atoms with Crippen LogP contribution in [0, 0.1) is 0 Å². The summed E-state index contributed by atoms with van der Waals surface area (Å²) < 4.78 is 5.48. The van der Waals surface area contributed by atoms with E-state index in [1.54, 1.807) is 0 Å². The van der Waals surface area contributed by atoms with E-state index < -0.39 is 0 Å². The van der Waals surface area contributed by atoms with Crippen LogP contribution in [0.25, 0.3) is 11.4 Å². The van der Waals surface area contributed by atoms with Crippen molar-refractivity contribution in [1.29, 1.82) is 0 Å². The van der Waals surface area contributed by atoms with Crippen LogP contribution in [0.3, 0.4) is 0 Å². The lowest BCUT2D eigenvalue weighted by molar-refractivity contribution is 0.357. The van der Waals surface area contributed by atoms with Crippen LogP contribution in [0.2, 0.25) is 0 Å². The van der Waals surface area contributed by atoms with Crippen LogP contribution in [0.4, 0.5) is 5.95 Å². The Balaban J connectivity index is 2.06. The summed E-state index contributed by atoms with van der Waals surface area (Å²) >= 11 is 1.45. The molecule has 0 amide bonds. The molecule has 1 aromatic heterocycles. The smallest absolute Gasteiger partial charge is 0.224 e. The molecule has 0 radical (unpaired) electrons. The molecule has 6 heteroatoms. The minimum Gasteiger partial charge on any atom is -0.493 e. The summed E-state index contributed by atoms with van der Waals surface area (Å²) in [6, 6.07) is 5.96. The standard InChI is InChI=1S/C12H12N4OS/c1-18-12-15-10(14-11(13)16-12)8-2-3-9-7(6-8)4-5-17-9/h2-3,6H,4-5H2,1H3,(H2,13,14,15,16). The SMILES string of the molecule is CSc1nc(N)nc(-c2ccc3c(c2)CCO3)n1. The van der Waals surface area contributed by atoms with Crippen molar-refractivity contribution in [3.63, 3.8) is 0 Å². The Morgan fingerprint density at radius 3 is 3.00 bits per heavy atom. The average Bonchev–Trinajstić information content (AvgIpc) is 2.85. The summed E-state index contributed by atoms with van der Waals surface area (Å²) in [5, 5.41) is 0.634. The summed E-state index contributed by atoms with van der Waals surface area (Å²) in [5.41, 5.74) is 7.82. The van der Waals surface area contributed by atoms with Crippen molar-refractivity contribution in [3.8, 4) is 17.1 Å². The van der Waals surface area contributed by atoms with Crippen LogP contribution in [0.15, 0.2) is 23.4 Å². The molecule has 2 aromatic rings. The normalized spacial score (nSPS) is 13.2. The molecule has 0 unspecified atom stereocenters. The molecule has 2 N–H and O–H groups in total. The fourth-order valence-corrected chi connectivity index (χ4v) is 2.28. The molecule has 3 rings (SSSR count). The second kappa shape index (κ2) is 4.45. The Labute approximate surface area is 109 Å². The third-order valence-electron chi connectivity index (χ3n) is 2.76. The summed E-state index contributed by atoms with van der Waals surface area (Å²) in [6.45, 7) is 0.744. The Morgan fingerprint density at radius 1 is 1.28 bits per heavy atom. The van der Waals surface area contributed by atoms with E-state index >= 15 is 0 Å². The highest BCUT2D eigenvalue weighted by Crippen LogP contribution is 2.29. The Hall–Kier alpha value is -1.82. The van der Waals surface area contributed by atoms with Gasteiger partial charge in [0.2, 0.25) is 5.95 Å². The van der Waals surface area contributed by atoms with E-state index in [1.807, 2.05) is 18.4 Å². The lowest BCUT2D eigenvalue weighted by Gasteiger charge is -2.05. The number of anilines is 1. The lowest BCUT2D eigenvalue weighted by atomic mass is 10.1. The summed E-state index contributed by atoms with van der Waals surface area (Å²) in [7, 11) is 0. The van der Waals surface area contributed by atoms with Crippen molar-refractivity contribution >= 4 is 17.7 Å². The molecular formula is C12H12N4OS. The first kappa shape index (κ1) is 11.3. The Bertz CT molecular complexity index is 603. The van der Waals surface area contributed by atoms with Gasteiger partial charge in [-0.05, 0) is 30.0 Å². The second-order valence-corrected chi connectivity index (χ2v) is 4.70. The highest BCUT2D eigenvalue weighted by molar-refractivity contribution is 7.98. The predicted molar refractivity (Wildman–Crippen MR) is 70.7 cm³/mol. The van der Waals surface area contributed by atoms with Gasteiger partial charge in [0, 0.05) is 12.0 Å². The quantitative estimate of drug-likeness (QED) is 0.830. The molecule has 0 aliphatic carbocycles. The molecule has 5 nitrogen and oxygen atoms in total. The van der Waals surface area contributed by atoms with Crippen LogP contribution >= 0.6 is 11.8 Å². The van der Waals surface area contributed by atoms with Crippen molar-refractivity contribution in [2.45, 2.75) is 11.6 Å². The Morgan fingerprint density at radius 2 is 2.17 bits per heavy atom. The maximum atomic E-state index is 5.68. The number of nitrogen functional groups attached to an aromatic ring is 1. The number of ether oxygens (including phenoxy) is 1. The van der Waals surface area contributed by atoms with Gasteiger partial charge in [-0.2, -0.15) is 9.97 Å². The van der Waals surface area contributed by atoms with Gasteiger partial charge in [-0.3, -0.25) is 0 Å². The van der Waals surface area contributed by atoms with Crippen LogP contribution in [-0.4, -0.2) is 27.8 Å². The van der Waals surface area contributed by atoms with Crippen molar-refractivity contribution in [2.75, 3.05) is 18.6 Å². The van der Waals surface area contributed by atoms with Gasteiger partial charge >= 0.3 is 0 Å². The van der Waals surface area contributed by atoms with Crippen LogP contribution in [-0.2, 0) is 6.42 Å². The zero-order valence-electron chi connectivity index (χ0n) is 9.88. The Kier molecular flexibility index (Phi) is 2.79. The maximum Gasteiger partial charge on any atom is 0.224 e. The van der Waals surface area contributed by atoms with E-state index in [2.05, 4.69) is 21.0 Å². The third-order valence-corrected chi connectivity index (χ3v) is 3.31. The molecule has 0 spiro atoms. The van der Waals surface area contributed by atoms with Gasteiger partial charge in [-0.25, -0.2) is 4.98 Å². The lowest BCUT2D eigenvalue weighted by Crippen LogP contribution is -2.01. The molecule has 0 bridgehead atoms. The number of hydrogen-bond acceptors (Lipinski definition) is 6. The van der Waals surface area contributed by atoms with E-state index in [9.17, 15) is 0 Å². The molecule has 18 heavy (non-hydrogen) atoms. The minimum absolute atomic E-state index is 0.251. The van der Waals surface area contributed by atoms with Crippen LogP contribution < -0.4 is 10.5 Å². The molecule has 92 valence electrons. The summed E-state index contributed by atoms with van der Waals surface area (Å²) in [5.74, 6) is 1.81. The maximum absolute atomic E-state index is 5.68. The van der Waals surface area contributed by atoms with Gasteiger partial charge in [0.1, 0.15) is 5.75 Å². The number of thioether (sulfide) groups is 1. The van der Waals surface area contributed by atoms with E-state index in [1.165, 1.54) is 17.3 Å². The van der Waals surface area contributed by atoms with Gasteiger partial charge in [-0.15, -0.1) is 0 Å². The predicted octanol–water partition coefficient (Wildman–Crippen LogP) is 1.78. The highest BCUT2D eigenvalue weighted by Gasteiger charge is 2.14. The van der Waals surface area contributed by atoms with E-state index in [4.69, 9.17) is 10.5 Å². The first-order valence-corrected chi connectivity index (χ1v) is 6.80. The topological polar surface area (TPSA) is 73.9 Å². The van der Waals surface area contributed by atoms with Crippen LogP contribution in [0.5, 0.6) is 5.75 Å². The molecule has 0 fully saturated rings. The van der Waals surface area contributed by atoms with Crippen molar-refractivity contribution in [1.82, 2.24) is 15.0 Å². The monoisotopic (exact) mass is 260 g/mol. The second-order valence-electron chi connectivity index (χ2n) is 3.92. The highest BCUT2D eigenvalue weighted by atomic mass is 32.2. The fourth-order valence-electron chi connectivity index (χ4n) is 1.92. The van der Waals surface area contributed by atoms with E-state index in [0.29, 0.717) is 11.0 Å². The molecule has 0 atom stereocenters. The van der Waals surface area contributed by atoms with Gasteiger partial charge in [0.25, 0.3) is 0 Å². The number of aromatic nitrogens is 3. The molecule has 0 saturated heterocycles. The molecule has 1 aliphatic heterocycles. The van der Waals surface area contributed by atoms with Gasteiger partial charge in [-0.1, -0.05) is 11.8 Å². The number of rotatable bonds is 2. The molecular weight excluding hydrogens is 248 g/mol. The number of benzene rings is 1. The average molecular weight is 260 g/mol. The summed E-state index contributed by atoms with van der Waals surface area (Å²) in [4.78, 5) is 12.6. The fraction of sp³-hybridized carbons (Fsp3) is 0.250. The van der Waals surface area contributed by atoms with E-state index in [0.717, 1.165) is 24.3 Å². The van der Waals surface area contributed by atoms with Gasteiger partial charge < -0.3 is 10.5 Å². The van der Waals surface area contributed by atoms with Crippen molar-refractivity contribution < 1.29 is 4.74 Å². The first-order valence-electron chi connectivity index (χ1n) is 5.58. The number of hydrogen-bond donors (Lipinski definition) is 1. The zero-order valence-corrected chi connectivity index (χ0v) is 10.7. The number of fused-ring (bicyclic) bond motifs is 1. The molecule has 2 heterocycles. The molecule has 1 aromatic carbocycles. The number of nitrogens with two attached hydrogens (primary N) is 1. The van der Waals surface area contributed by atoms with Gasteiger partial charge in [0.05, 0.1) is 6.61 Å². The summed E-state index contributed by atoms with van der Waals surface area (Å²) in [6.07, 6.45) is 2.84. The molecule has 0 saturated carbocycles. The number of nitrogens with zero attached hydrogens (tertiary/aromatic N) is 3.